The van der Waals surface area contributed by atoms with Gasteiger partial charge in [-0.05, 0) is 25.3 Å². The Bertz CT molecular complexity index is 247. The average Bonchev–Trinajstić information content (AvgIpc) is 2.63. The van der Waals surface area contributed by atoms with Gasteiger partial charge in [0.15, 0.2) is 0 Å². The number of hydrogen-bond acceptors (Lipinski definition) is 3. The third kappa shape index (κ3) is 4.15. The van der Waals surface area contributed by atoms with Crippen molar-refractivity contribution in [1.82, 2.24) is 15.1 Å². The Morgan fingerprint density at radius 2 is 2.43 bits per heavy atom. The number of nitrogens with zero attached hydrogens (tertiary/aromatic N) is 2. The average molecular weight is 213 g/mol. The molecule has 0 aliphatic heterocycles. The third-order valence-corrected chi connectivity index (χ3v) is 2.54. The van der Waals surface area contributed by atoms with E-state index in [-0.39, 0.29) is 0 Å². The van der Waals surface area contributed by atoms with Gasteiger partial charge in [-0.25, -0.2) is 0 Å². The highest BCUT2D eigenvalue weighted by Crippen LogP contribution is 1.98. The van der Waals surface area contributed by atoms with Crippen molar-refractivity contribution < 1.29 is 0 Å². The lowest BCUT2D eigenvalue weighted by Gasteiger charge is -2.00. The van der Waals surface area contributed by atoms with E-state index in [9.17, 15) is 0 Å². The normalized spacial score (nSPS) is 10.7. The molecule has 0 aliphatic rings. The standard InChI is InChI=1S/C10H19N3S/c1-3-5-11-9-10-4-6-13(12-10)7-8-14-2/h4,6,11H,3,5,7-9H2,1-2H3. The van der Waals surface area contributed by atoms with Crippen LogP contribution in [-0.4, -0.2) is 28.3 Å². The largest absolute Gasteiger partial charge is 0.311 e. The zero-order valence-electron chi connectivity index (χ0n) is 8.99. The van der Waals surface area contributed by atoms with Crippen LogP contribution in [-0.2, 0) is 13.1 Å². The molecule has 0 amide bonds. The van der Waals surface area contributed by atoms with Gasteiger partial charge < -0.3 is 5.32 Å². The summed E-state index contributed by atoms with van der Waals surface area (Å²) in [5.74, 6) is 1.13. The lowest BCUT2D eigenvalue weighted by molar-refractivity contribution is 0.620. The molecule has 1 N–H and O–H groups in total. The highest BCUT2D eigenvalue weighted by Gasteiger charge is 1.97. The molecule has 4 heteroatoms. The fraction of sp³-hybridized carbons (Fsp3) is 0.700. The Balaban J connectivity index is 2.27. The maximum absolute atomic E-state index is 4.46. The summed E-state index contributed by atoms with van der Waals surface area (Å²) in [6, 6.07) is 2.09. The van der Waals surface area contributed by atoms with Crippen LogP contribution in [0.5, 0.6) is 0 Å². The van der Waals surface area contributed by atoms with E-state index in [1.807, 2.05) is 16.4 Å². The summed E-state index contributed by atoms with van der Waals surface area (Å²) >= 11 is 1.85. The Morgan fingerprint density at radius 1 is 1.57 bits per heavy atom. The molecule has 0 aromatic carbocycles. The summed E-state index contributed by atoms with van der Waals surface area (Å²) in [5, 5.41) is 7.80. The summed E-state index contributed by atoms with van der Waals surface area (Å²) in [6.45, 7) is 5.14. The fourth-order valence-electron chi connectivity index (χ4n) is 1.20. The van der Waals surface area contributed by atoms with Crippen LogP contribution < -0.4 is 5.32 Å². The van der Waals surface area contributed by atoms with Crippen LogP contribution in [0.25, 0.3) is 0 Å². The SMILES string of the molecule is CCCNCc1ccn(CCSC)n1. The first-order valence-corrected chi connectivity index (χ1v) is 6.48. The topological polar surface area (TPSA) is 29.9 Å². The molecule has 0 bridgehead atoms. The second-order valence-electron chi connectivity index (χ2n) is 3.24. The van der Waals surface area contributed by atoms with Crippen LogP contribution in [0.2, 0.25) is 0 Å². The molecule has 0 unspecified atom stereocenters. The minimum atomic E-state index is 0.889. The van der Waals surface area contributed by atoms with Gasteiger partial charge in [0.1, 0.15) is 0 Å². The van der Waals surface area contributed by atoms with Crippen LogP contribution in [0, 0.1) is 0 Å². The van der Waals surface area contributed by atoms with Gasteiger partial charge in [-0.15, -0.1) is 0 Å². The molecular weight excluding hydrogens is 194 g/mol. The Hall–Kier alpha value is -0.480. The molecule has 0 saturated heterocycles. The summed E-state index contributed by atoms with van der Waals surface area (Å²) in [7, 11) is 0. The second kappa shape index (κ2) is 6.90. The van der Waals surface area contributed by atoms with E-state index in [2.05, 4.69) is 35.9 Å². The molecule has 1 aromatic rings. The van der Waals surface area contributed by atoms with Gasteiger partial charge in [-0.3, -0.25) is 4.68 Å². The number of hydrogen-bond donors (Lipinski definition) is 1. The molecule has 1 aromatic heterocycles. The van der Waals surface area contributed by atoms with Crippen molar-refractivity contribution in [1.29, 1.82) is 0 Å². The Labute approximate surface area is 90.3 Å². The smallest absolute Gasteiger partial charge is 0.0762 e. The third-order valence-electron chi connectivity index (χ3n) is 1.95. The monoisotopic (exact) mass is 213 g/mol. The van der Waals surface area contributed by atoms with E-state index >= 15 is 0 Å². The van der Waals surface area contributed by atoms with Crippen molar-refractivity contribution in [2.24, 2.45) is 0 Å². The molecule has 0 radical (unpaired) electrons. The van der Waals surface area contributed by atoms with E-state index in [1.165, 1.54) is 6.42 Å². The van der Waals surface area contributed by atoms with E-state index in [0.29, 0.717) is 0 Å². The van der Waals surface area contributed by atoms with Crippen LogP contribution in [0.15, 0.2) is 12.3 Å². The fourth-order valence-corrected chi connectivity index (χ4v) is 1.57. The molecule has 1 rings (SSSR count). The van der Waals surface area contributed by atoms with Crippen molar-refractivity contribution >= 4 is 11.8 Å². The molecule has 0 fully saturated rings. The van der Waals surface area contributed by atoms with Crippen molar-refractivity contribution in [3.05, 3.63) is 18.0 Å². The first-order valence-electron chi connectivity index (χ1n) is 5.08. The maximum atomic E-state index is 4.46. The van der Waals surface area contributed by atoms with Crippen LogP contribution in [0.1, 0.15) is 19.0 Å². The number of rotatable bonds is 7. The van der Waals surface area contributed by atoms with Gasteiger partial charge in [-0.2, -0.15) is 16.9 Å². The van der Waals surface area contributed by atoms with Crippen molar-refractivity contribution in [3.63, 3.8) is 0 Å². The van der Waals surface area contributed by atoms with Crippen LogP contribution in [0.3, 0.4) is 0 Å². The first kappa shape index (κ1) is 11.6. The van der Waals surface area contributed by atoms with Gasteiger partial charge >= 0.3 is 0 Å². The summed E-state index contributed by atoms with van der Waals surface area (Å²) in [5.41, 5.74) is 1.14. The molecule has 1 heterocycles. The lowest BCUT2D eigenvalue weighted by Crippen LogP contribution is -2.14. The first-order chi connectivity index (χ1) is 6.86. The van der Waals surface area contributed by atoms with E-state index in [4.69, 9.17) is 0 Å². The number of thioether (sulfide) groups is 1. The maximum Gasteiger partial charge on any atom is 0.0762 e. The van der Waals surface area contributed by atoms with Gasteiger partial charge in [0, 0.05) is 25.0 Å². The highest BCUT2D eigenvalue weighted by atomic mass is 32.2. The number of nitrogens with one attached hydrogen (secondary N) is 1. The Kier molecular flexibility index (Phi) is 5.71. The molecule has 3 nitrogen and oxygen atoms in total. The zero-order chi connectivity index (χ0) is 10.2. The van der Waals surface area contributed by atoms with Crippen molar-refractivity contribution in [3.8, 4) is 0 Å². The predicted octanol–water partition coefficient (Wildman–Crippen LogP) is 1.75. The molecule has 80 valence electrons. The summed E-state index contributed by atoms with van der Waals surface area (Å²) < 4.78 is 2.01. The van der Waals surface area contributed by atoms with Crippen molar-refractivity contribution in [2.45, 2.75) is 26.4 Å². The van der Waals surface area contributed by atoms with Gasteiger partial charge in [0.25, 0.3) is 0 Å². The summed E-state index contributed by atoms with van der Waals surface area (Å²) in [4.78, 5) is 0. The van der Waals surface area contributed by atoms with E-state index < -0.39 is 0 Å². The van der Waals surface area contributed by atoms with Gasteiger partial charge in [0.2, 0.25) is 0 Å². The second-order valence-corrected chi connectivity index (χ2v) is 4.23. The van der Waals surface area contributed by atoms with Crippen LogP contribution in [0.4, 0.5) is 0 Å². The highest BCUT2D eigenvalue weighted by molar-refractivity contribution is 7.98. The van der Waals surface area contributed by atoms with Gasteiger partial charge in [0.05, 0.1) is 5.69 Å². The lowest BCUT2D eigenvalue weighted by atomic mass is 10.4. The minimum Gasteiger partial charge on any atom is -0.311 e. The minimum absolute atomic E-state index is 0.889. The predicted molar refractivity (Wildman–Crippen MR) is 62.6 cm³/mol. The van der Waals surface area contributed by atoms with Gasteiger partial charge in [-0.1, -0.05) is 6.92 Å². The molecule has 0 spiro atoms. The van der Waals surface area contributed by atoms with Crippen LogP contribution >= 0.6 is 11.8 Å². The molecule has 0 saturated carbocycles. The van der Waals surface area contributed by atoms with Crippen molar-refractivity contribution in [2.75, 3.05) is 18.6 Å². The number of aromatic nitrogens is 2. The Morgan fingerprint density at radius 3 is 3.14 bits per heavy atom. The molecule has 0 aliphatic carbocycles. The van der Waals surface area contributed by atoms with E-state index in [1.54, 1.807) is 0 Å². The molecule has 0 atom stereocenters. The van der Waals surface area contributed by atoms with E-state index in [0.717, 1.165) is 31.1 Å². The summed E-state index contributed by atoms with van der Waals surface area (Å²) in [6.07, 6.45) is 5.35. The number of aryl methyl sites for hydroxylation is 1. The zero-order valence-corrected chi connectivity index (χ0v) is 9.81. The molecular formula is C10H19N3S. The molecule has 14 heavy (non-hydrogen) atoms. The quantitative estimate of drug-likeness (QED) is 0.700.